The van der Waals surface area contributed by atoms with E-state index in [1.807, 2.05) is 38.1 Å². The highest BCUT2D eigenvalue weighted by Crippen LogP contribution is 2.41. The summed E-state index contributed by atoms with van der Waals surface area (Å²) in [5.74, 6) is -2.78. The molecule has 0 aliphatic carbocycles. The number of carbonyl (C=O) groups is 4. The van der Waals surface area contributed by atoms with E-state index in [0.29, 0.717) is 45.0 Å². The Morgan fingerprint density at radius 1 is 0.959 bits per heavy atom. The van der Waals surface area contributed by atoms with Crippen LogP contribution in [0.25, 0.3) is 10.4 Å². The second kappa shape index (κ2) is 23.9. The summed E-state index contributed by atoms with van der Waals surface area (Å²) in [6.45, 7) is 13.2. The van der Waals surface area contributed by atoms with Crippen LogP contribution in [0.2, 0.25) is 0 Å². The number of thiocarbonyl (C=S) groups is 1. The molecule has 2 fully saturated rings. The Hall–Kier alpha value is -6.05. The molecule has 4 atom stereocenters. The molecule has 73 heavy (non-hydrogen) atoms. The van der Waals surface area contributed by atoms with Crippen molar-refractivity contribution in [3.05, 3.63) is 94.4 Å². The van der Waals surface area contributed by atoms with Crippen molar-refractivity contribution < 1.29 is 56.1 Å². The maximum Gasteiger partial charge on any atom is 0.417 e. The summed E-state index contributed by atoms with van der Waals surface area (Å²) in [5, 5.41) is 25.4. The van der Waals surface area contributed by atoms with E-state index in [9.17, 15) is 42.7 Å². The normalized spacial score (nSPS) is 17.7. The molecule has 3 aromatic carbocycles. The van der Waals surface area contributed by atoms with Crippen molar-refractivity contribution in [3.8, 4) is 22.3 Å². The molecule has 2 aliphatic heterocycles. The van der Waals surface area contributed by atoms with E-state index in [1.165, 1.54) is 47.9 Å². The van der Waals surface area contributed by atoms with Crippen molar-refractivity contribution in [1.82, 2.24) is 20.5 Å². The number of β-amino-alcohol motifs (C(OH)–C–C–N with tert-alkyl or cyclic N) is 1. The summed E-state index contributed by atoms with van der Waals surface area (Å²) in [6.07, 6.45) is -3.19. The number of carbonyl (C=O) groups excluding carboxylic acids is 4. The number of alkyl halides is 3. The number of aryl methyl sites for hydroxylation is 1. The first-order valence-corrected chi connectivity index (χ1v) is 25.2. The Kier molecular flexibility index (Phi) is 18.4. The summed E-state index contributed by atoms with van der Waals surface area (Å²) < 4.78 is 73.4. The standard InChI is InChI=1S/C52H61F4N7O8S2/c1-31(33-12-14-34(15-13-33)44-32(2)58-30-73-44)59-46(66)41-26-38(64)28-61(41)47(67)45(50(3,4)5)60-43(65)29-70-22-11-21-69-20-9-8-10-23-71-42-19-18-37(25-40(42)53)63-49(72)62(48(68)51(63,6)7)36-17-16-35(27-57)39(24-36)52(54,55)56/h12-19,24-25,30-31,38,41,45,64H,8-11,20-23,26,28-29H2,1-7H3,(H,59,66)(H,60,65). The van der Waals surface area contributed by atoms with Crippen LogP contribution < -0.4 is 25.2 Å². The maximum absolute atomic E-state index is 15.3. The van der Waals surface area contributed by atoms with Crippen LogP contribution in [0.4, 0.5) is 28.9 Å². The first-order valence-electron chi connectivity index (χ1n) is 23.9. The monoisotopic (exact) mass is 1050 g/mol. The number of amides is 4. The lowest BCUT2D eigenvalue weighted by atomic mass is 9.85. The van der Waals surface area contributed by atoms with Crippen molar-refractivity contribution in [2.45, 2.75) is 117 Å². The van der Waals surface area contributed by atoms with Crippen molar-refractivity contribution in [3.63, 3.8) is 0 Å². The van der Waals surface area contributed by atoms with Crippen LogP contribution >= 0.6 is 23.6 Å². The lowest BCUT2D eigenvalue weighted by Gasteiger charge is -2.35. The first-order chi connectivity index (χ1) is 34.4. The number of aliphatic hydroxyl groups excluding tert-OH is 1. The lowest BCUT2D eigenvalue weighted by molar-refractivity contribution is -0.144. The summed E-state index contributed by atoms with van der Waals surface area (Å²) in [5.41, 5.74) is 0.716. The predicted molar refractivity (Wildman–Crippen MR) is 271 cm³/mol. The summed E-state index contributed by atoms with van der Waals surface area (Å²) in [4.78, 5) is 63.3. The zero-order chi connectivity index (χ0) is 53.4. The highest BCUT2D eigenvalue weighted by atomic mass is 32.1. The van der Waals surface area contributed by atoms with Gasteiger partial charge in [-0.1, -0.05) is 45.0 Å². The molecular weight excluding hydrogens is 991 g/mol. The minimum Gasteiger partial charge on any atom is -0.491 e. The van der Waals surface area contributed by atoms with Gasteiger partial charge in [0.15, 0.2) is 16.7 Å². The smallest absolute Gasteiger partial charge is 0.417 e. The molecule has 21 heteroatoms. The van der Waals surface area contributed by atoms with Gasteiger partial charge >= 0.3 is 6.18 Å². The molecule has 4 aromatic rings. The molecule has 0 bridgehead atoms. The Morgan fingerprint density at radius 2 is 1.63 bits per heavy atom. The number of halogens is 4. The molecule has 1 aromatic heterocycles. The minimum atomic E-state index is -4.85. The van der Waals surface area contributed by atoms with Crippen molar-refractivity contribution in [2.24, 2.45) is 5.41 Å². The number of nitrogens with one attached hydrogen (secondary N) is 2. The van der Waals surface area contributed by atoms with E-state index in [-0.39, 0.29) is 61.1 Å². The molecule has 3 N–H and O–H groups in total. The molecule has 392 valence electrons. The Labute approximate surface area is 431 Å². The number of aromatic nitrogens is 1. The number of hydrogen-bond donors (Lipinski definition) is 3. The molecule has 3 heterocycles. The minimum absolute atomic E-state index is 0.0334. The second-order valence-electron chi connectivity index (χ2n) is 19.6. The van der Waals surface area contributed by atoms with Gasteiger partial charge in [0.2, 0.25) is 17.7 Å². The molecule has 0 radical (unpaired) electrons. The lowest BCUT2D eigenvalue weighted by Crippen LogP contribution is -2.58. The summed E-state index contributed by atoms with van der Waals surface area (Å²) in [6, 6.07) is 14.0. The number of hydrogen-bond acceptors (Lipinski definition) is 12. The van der Waals surface area contributed by atoms with Gasteiger partial charge < -0.3 is 39.8 Å². The molecule has 2 saturated heterocycles. The zero-order valence-corrected chi connectivity index (χ0v) is 43.4. The molecule has 0 spiro atoms. The average Bonchev–Trinajstić information content (AvgIpc) is 4.00. The summed E-state index contributed by atoms with van der Waals surface area (Å²) in [7, 11) is 0. The number of nitrogens with zero attached hydrogens (tertiary/aromatic N) is 5. The first kappa shape index (κ1) is 56.2. The number of benzene rings is 3. The van der Waals surface area contributed by atoms with Crippen LogP contribution in [0.1, 0.15) is 102 Å². The average molecular weight is 1050 g/mol. The largest absolute Gasteiger partial charge is 0.491 e. The van der Waals surface area contributed by atoms with Crippen molar-refractivity contribution >= 4 is 63.7 Å². The van der Waals surface area contributed by atoms with Gasteiger partial charge in [0.05, 0.1) is 57.7 Å². The quantitative estimate of drug-likeness (QED) is 0.0412. The fourth-order valence-electron chi connectivity index (χ4n) is 8.62. The van der Waals surface area contributed by atoms with Gasteiger partial charge in [-0.2, -0.15) is 18.4 Å². The molecule has 15 nitrogen and oxygen atoms in total. The third-order valence-corrected chi connectivity index (χ3v) is 13.9. The van der Waals surface area contributed by atoms with Crippen LogP contribution in [-0.2, 0) is 34.8 Å². The highest BCUT2D eigenvalue weighted by molar-refractivity contribution is 7.81. The van der Waals surface area contributed by atoms with Gasteiger partial charge in [-0.05, 0) is 112 Å². The Balaban J connectivity index is 0.871. The predicted octanol–water partition coefficient (Wildman–Crippen LogP) is 8.41. The van der Waals surface area contributed by atoms with Gasteiger partial charge in [0.25, 0.3) is 5.91 Å². The van der Waals surface area contributed by atoms with Gasteiger partial charge in [-0.25, -0.2) is 9.37 Å². The fourth-order valence-corrected chi connectivity index (χ4v) is 9.95. The third-order valence-electron chi connectivity index (χ3n) is 12.6. The van der Waals surface area contributed by atoms with E-state index < -0.39 is 75.9 Å². The third kappa shape index (κ3) is 13.6. The molecule has 0 saturated carbocycles. The van der Waals surface area contributed by atoms with Crippen LogP contribution in [0.15, 0.2) is 66.2 Å². The van der Waals surface area contributed by atoms with E-state index in [1.54, 1.807) is 37.6 Å². The molecule has 6 rings (SSSR count). The second-order valence-corrected chi connectivity index (χ2v) is 20.8. The Bertz CT molecular complexity index is 2690. The SMILES string of the molecule is Cc1ncsc1-c1ccc(C(C)NC(=O)C2CC(O)CN2C(=O)C(NC(=O)COCCCOCCCCCOc2ccc(N3C(=S)N(c4ccc(C#N)c(C(F)(F)F)c4)C(=O)C3(C)C)cc2F)C(C)(C)C)cc1. The molecular formula is C52H61F4N7O8S2. The molecule has 4 unspecified atom stereocenters. The van der Waals surface area contributed by atoms with Gasteiger partial charge in [-0.15, -0.1) is 11.3 Å². The Morgan fingerprint density at radius 3 is 2.27 bits per heavy atom. The highest BCUT2D eigenvalue weighted by Gasteiger charge is 2.51. The van der Waals surface area contributed by atoms with E-state index in [0.717, 1.165) is 38.7 Å². The van der Waals surface area contributed by atoms with Crippen LogP contribution in [-0.4, -0.2) is 107 Å². The summed E-state index contributed by atoms with van der Waals surface area (Å²) >= 11 is 7.10. The number of likely N-dealkylation sites (tertiary alicyclic amines) is 1. The van der Waals surface area contributed by atoms with Gasteiger partial charge in [0, 0.05) is 44.5 Å². The van der Waals surface area contributed by atoms with E-state index >= 15 is 4.39 Å². The topological polar surface area (TPSA) is 187 Å². The van der Waals surface area contributed by atoms with E-state index in [4.69, 9.17) is 26.4 Å². The number of nitriles is 1. The number of ether oxygens (including phenoxy) is 3. The van der Waals surface area contributed by atoms with E-state index in [2.05, 4.69) is 15.6 Å². The number of unbranched alkanes of at least 4 members (excludes halogenated alkanes) is 2. The number of rotatable bonds is 21. The van der Waals surface area contributed by atoms with Crippen molar-refractivity contribution in [2.75, 3.05) is 49.4 Å². The molecule has 4 amide bonds. The van der Waals surface area contributed by atoms with Crippen LogP contribution in [0.5, 0.6) is 5.75 Å². The maximum atomic E-state index is 15.3. The number of aliphatic hydroxyl groups is 1. The zero-order valence-electron chi connectivity index (χ0n) is 41.8. The van der Waals surface area contributed by atoms with Gasteiger partial charge in [0.1, 0.15) is 24.2 Å². The van der Waals surface area contributed by atoms with Crippen LogP contribution in [0.3, 0.4) is 0 Å². The molecule has 2 aliphatic rings. The van der Waals surface area contributed by atoms with Crippen LogP contribution in [0, 0.1) is 29.5 Å². The number of anilines is 2. The van der Waals surface area contributed by atoms with Gasteiger partial charge in [-0.3, -0.25) is 24.1 Å². The van der Waals surface area contributed by atoms with Crippen molar-refractivity contribution in [1.29, 1.82) is 5.26 Å². The fraction of sp³-hybridized carbons (Fsp3) is 0.481. The number of thiazole rings is 1.